The van der Waals surface area contributed by atoms with Gasteiger partial charge in [0.1, 0.15) is 0 Å². The third kappa shape index (κ3) is 1.86. The molecule has 0 atom stereocenters. The molecule has 4 aliphatic carbocycles. The molecule has 1 aromatic heterocycles. The van der Waals surface area contributed by atoms with Gasteiger partial charge in [-0.15, -0.1) is 11.3 Å². The summed E-state index contributed by atoms with van der Waals surface area (Å²) in [6.45, 7) is 0.653. The maximum Gasteiger partial charge on any atom is 0.180 e. The van der Waals surface area contributed by atoms with Crippen LogP contribution in [0.1, 0.15) is 37.8 Å². The molecule has 0 aromatic carbocycles. The zero-order valence-electron chi connectivity index (χ0n) is 10.5. The van der Waals surface area contributed by atoms with E-state index in [1.165, 1.54) is 43.4 Å². The summed E-state index contributed by atoms with van der Waals surface area (Å²) >= 11 is 1.51. The number of hydrogen-bond donors (Lipinski definition) is 1. The second kappa shape index (κ2) is 4.20. The summed E-state index contributed by atoms with van der Waals surface area (Å²) in [7, 11) is 0. The molecule has 4 aliphatic rings. The Morgan fingerprint density at radius 2 is 1.83 bits per heavy atom. The summed E-state index contributed by atoms with van der Waals surface area (Å²) in [5.74, 6) is 3.69. The summed E-state index contributed by atoms with van der Waals surface area (Å²) in [5, 5.41) is 2.67. The highest BCUT2D eigenvalue weighted by Crippen LogP contribution is 2.54. The summed E-state index contributed by atoms with van der Waals surface area (Å²) in [6.07, 6.45) is 7.66. The first-order valence-corrected chi connectivity index (χ1v) is 7.97. The van der Waals surface area contributed by atoms with Gasteiger partial charge < -0.3 is 10.5 Å². The molecule has 1 heterocycles. The molecule has 98 valence electrons. The minimum Gasteiger partial charge on any atom is -0.375 e. The largest absolute Gasteiger partial charge is 0.375 e. The Morgan fingerprint density at radius 1 is 1.17 bits per heavy atom. The van der Waals surface area contributed by atoms with Crippen LogP contribution in [0.3, 0.4) is 0 Å². The first-order chi connectivity index (χ1) is 8.78. The predicted molar refractivity (Wildman–Crippen MR) is 72.1 cm³/mol. The van der Waals surface area contributed by atoms with Gasteiger partial charge in [-0.25, -0.2) is 4.98 Å². The lowest BCUT2D eigenvalue weighted by atomic mass is 9.55. The van der Waals surface area contributed by atoms with Crippen molar-refractivity contribution in [1.29, 1.82) is 0 Å². The van der Waals surface area contributed by atoms with Crippen LogP contribution < -0.4 is 5.73 Å². The molecule has 3 nitrogen and oxygen atoms in total. The van der Waals surface area contributed by atoms with Crippen molar-refractivity contribution < 1.29 is 4.74 Å². The molecule has 5 rings (SSSR count). The predicted octanol–water partition coefficient (Wildman–Crippen LogP) is 3.07. The van der Waals surface area contributed by atoms with Crippen LogP contribution in [0.2, 0.25) is 0 Å². The molecule has 0 spiro atoms. The summed E-state index contributed by atoms with van der Waals surface area (Å²) < 4.78 is 6.21. The van der Waals surface area contributed by atoms with Crippen molar-refractivity contribution in [1.82, 2.24) is 4.98 Å². The summed E-state index contributed by atoms with van der Waals surface area (Å²) in [5.41, 5.74) is 6.66. The molecule has 4 fully saturated rings. The van der Waals surface area contributed by atoms with E-state index in [9.17, 15) is 0 Å². The zero-order valence-corrected chi connectivity index (χ0v) is 11.4. The minimum absolute atomic E-state index is 0.501. The number of thiazole rings is 1. The Balaban J connectivity index is 1.43. The van der Waals surface area contributed by atoms with E-state index in [0.29, 0.717) is 17.8 Å². The molecule has 4 heteroatoms. The van der Waals surface area contributed by atoms with E-state index in [1.54, 1.807) is 0 Å². The van der Waals surface area contributed by atoms with Crippen LogP contribution in [0, 0.1) is 23.7 Å². The van der Waals surface area contributed by atoms with Gasteiger partial charge in [0.25, 0.3) is 0 Å². The van der Waals surface area contributed by atoms with E-state index in [0.717, 1.165) is 29.4 Å². The molecule has 0 unspecified atom stereocenters. The van der Waals surface area contributed by atoms with Crippen molar-refractivity contribution in [3.63, 3.8) is 0 Å². The fourth-order valence-corrected chi connectivity index (χ4v) is 5.27. The van der Waals surface area contributed by atoms with Crippen molar-refractivity contribution in [3.8, 4) is 0 Å². The third-order valence-corrected chi connectivity index (χ3v) is 5.86. The van der Waals surface area contributed by atoms with Crippen molar-refractivity contribution in [2.45, 2.75) is 44.8 Å². The second-order valence-electron chi connectivity index (χ2n) is 6.38. The first-order valence-electron chi connectivity index (χ1n) is 7.09. The Kier molecular flexibility index (Phi) is 2.62. The Morgan fingerprint density at radius 3 is 2.39 bits per heavy atom. The van der Waals surface area contributed by atoms with Crippen LogP contribution in [0.25, 0.3) is 0 Å². The fraction of sp³-hybridized carbons (Fsp3) is 0.786. The van der Waals surface area contributed by atoms with Gasteiger partial charge in [-0.1, -0.05) is 0 Å². The smallest absolute Gasteiger partial charge is 0.180 e. The fourth-order valence-electron chi connectivity index (χ4n) is 4.72. The Hall–Kier alpha value is -0.610. The van der Waals surface area contributed by atoms with Crippen LogP contribution in [0.4, 0.5) is 5.13 Å². The lowest BCUT2D eigenvalue weighted by molar-refractivity contribution is -0.132. The van der Waals surface area contributed by atoms with E-state index in [4.69, 9.17) is 10.5 Å². The molecular formula is C14H20N2OS. The lowest BCUT2D eigenvalue weighted by Gasteiger charge is -2.53. The van der Waals surface area contributed by atoms with E-state index in [1.807, 2.05) is 5.38 Å². The van der Waals surface area contributed by atoms with E-state index < -0.39 is 0 Å². The Labute approximate surface area is 112 Å². The zero-order chi connectivity index (χ0) is 12.1. The summed E-state index contributed by atoms with van der Waals surface area (Å²) in [4.78, 5) is 4.28. The number of nitrogen functional groups attached to an aromatic ring is 1. The molecular weight excluding hydrogens is 244 g/mol. The third-order valence-electron chi connectivity index (χ3n) is 5.13. The number of hydrogen-bond acceptors (Lipinski definition) is 4. The first kappa shape index (κ1) is 11.2. The van der Waals surface area contributed by atoms with E-state index >= 15 is 0 Å². The lowest BCUT2D eigenvalue weighted by Crippen LogP contribution is -2.49. The van der Waals surface area contributed by atoms with E-state index in [2.05, 4.69) is 4.98 Å². The second-order valence-corrected chi connectivity index (χ2v) is 7.27. The molecule has 0 aliphatic heterocycles. The number of rotatable bonds is 3. The number of anilines is 1. The van der Waals surface area contributed by atoms with Crippen LogP contribution in [-0.2, 0) is 11.3 Å². The molecule has 1 aromatic rings. The van der Waals surface area contributed by atoms with Gasteiger partial charge in [-0.05, 0) is 55.8 Å². The monoisotopic (exact) mass is 264 g/mol. The normalized spacial score (nSPS) is 41.4. The maximum atomic E-state index is 6.21. The number of aromatic nitrogens is 1. The van der Waals surface area contributed by atoms with Gasteiger partial charge in [0.05, 0.1) is 18.4 Å². The topological polar surface area (TPSA) is 48.1 Å². The number of nitrogens with zero attached hydrogens (tertiary/aromatic N) is 1. The van der Waals surface area contributed by atoms with E-state index in [-0.39, 0.29) is 0 Å². The van der Waals surface area contributed by atoms with Gasteiger partial charge >= 0.3 is 0 Å². The van der Waals surface area contributed by atoms with Crippen LogP contribution in [-0.4, -0.2) is 11.1 Å². The molecule has 0 radical (unpaired) electrons. The van der Waals surface area contributed by atoms with Gasteiger partial charge in [0, 0.05) is 5.38 Å². The molecule has 4 saturated carbocycles. The van der Waals surface area contributed by atoms with Gasteiger partial charge in [-0.3, -0.25) is 0 Å². The molecule has 18 heavy (non-hydrogen) atoms. The minimum atomic E-state index is 0.501. The molecule has 4 bridgehead atoms. The highest BCUT2D eigenvalue weighted by Gasteiger charge is 2.48. The average molecular weight is 264 g/mol. The SMILES string of the molecule is Nc1nc(COC2C3CC4CC(C3)CC2C4)cs1. The average Bonchev–Trinajstić information content (AvgIpc) is 2.73. The molecule has 2 N–H and O–H groups in total. The van der Waals surface area contributed by atoms with Gasteiger partial charge in [0.2, 0.25) is 0 Å². The van der Waals surface area contributed by atoms with Crippen molar-refractivity contribution >= 4 is 16.5 Å². The molecule has 0 amide bonds. The van der Waals surface area contributed by atoms with Crippen molar-refractivity contribution in [2.75, 3.05) is 5.73 Å². The van der Waals surface area contributed by atoms with Crippen molar-refractivity contribution in [3.05, 3.63) is 11.1 Å². The van der Waals surface area contributed by atoms with Crippen LogP contribution in [0.5, 0.6) is 0 Å². The van der Waals surface area contributed by atoms with Crippen LogP contribution in [0.15, 0.2) is 5.38 Å². The standard InChI is InChI=1S/C14H20N2OS/c15-14-16-12(7-18-14)6-17-13-10-2-8-1-9(4-10)5-11(13)3-8/h7-11,13H,1-6H2,(H2,15,16). The van der Waals surface area contributed by atoms with Crippen molar-refractivity contribution in [2.24, 2.45) is 23.7 Å². The Bertz CT molecular complexity index is 417. The van der Waals surface area contributed by atoms with Gasteiger partial charge in [-0.2, -0.15) is 0 Å². The maximum absolute atomic E-state index is 6.21. The quantitative estimate of drug-likeness (QED) is 0.912. The number of ether oxygens (including phenoxy) is 1. The number of nitrogens with two attached hydrogens (primary N) is 1. The highest BCUT2D eigenvalue weighted by atomic mass is 32.1. The van der Waals surface area contributed by atoms with Crippen LogP contribution >= 0.6 is 11.3 Å². The summed E-state index contributed by atoms with van der Waals surface area (Å²) in [6, 6.07) is 0. The highest BCUT2D eigenvalue weighted by molar-refractivity contribution is 7.13. The molecule has 0 saturated heterocycles. The van der Waals surface area contributed by atoms with Gasteiger partial charge in [0.15, 0.2) is 5.13 Å².